The number of halogens is 2. The van der Waals surface area contributed by atoms with Crippen LogP contribution in [0.1, 0.15) is 19.3 Å². The summed E-state index contributed by atoms with van der Waals surface area (Å²) in [7, 11) is 0. The van der Waals surface area contributed by atoms with Gasteiger partial charge < -0.3 is 5.32 Å². The normalized spacial score (nSPS) is 15.8. The Labute approximate surface area is 118 Å². The van der Waals surface area contributed by atoms with Gasteiger partial charge in [-0.3, -0.25) is 4.90 Å². The predicted molar refractivity (Wildman–Crippen MR) is 81.5 cm³/mol. The van der Waals surface area contributed by atoms with Gasteiger partial charge in [0.15, 0.2) is 0 Å². The van der Waals surface area contributed by atoms with Gasteiger partial charge in [0.2, 0.25) is 0 Å². The lowest BCUT2D eigenvalue weighted by atomic mass is 9.94. The minimum atomic E-state index is 0. The molecular weight excluding hydrogens is 255 g/mol. The van der Waals surface area contributed by atoms with E-state index in [1.165, 1.54) is 38.9 Å². The van der Waals surface area contributed by atoms with Crippen LogP contribution in [0.25, 0.3) is 0 Å². The summed E-state index contributed by atoms with van der Waals surface area (Å²) in [6.07, 6.45) is 7.97. The molecular formula is C13H26Cl2N2. The Morgan fingerprint density at radius 2 is 1.59 bits per heavy atom. The lowest BCUT2D eigenvalue weighted by molar-refractivity contribution is 0.270. The second kappa shape index (κ2) is 12.4. The molecule has 0 saturated carbocycles. The highest BCUT2D eigenvalue weighted by Crippen LogP contribution is 2.16. The molecule has 0 aliphatic carbocycles. The fourth-order valence-electron chi connectivity index (χ4n) is 2.16. The minimum absolute atomic E-state index is 0. The number of hydrogen-bond acceptors (Lipinski definition) is 2. The predicted octanol–water partition coefficient (Wildman–Crippen LogP) is 2.89. The molecule has 0 unspecified atom stereocenters. The van der Waals surface area contributed by atoms with Gasteiger partial charge in [-0.1, -0.05) is 12.2 Å². The summed E-state index contributed by atoms with van der Waals surface area (Å²) < 4.78 is 0. The first-order chi connectivity index (χ1) is 7.36. The van der Waals surface area contributed by atoms with Gasteiger partial charge in [0.1, 0.15) is 0 Å². The van der Waals surface area contributed by atoms with Crippen LogP contribution in [0, 0.1) is 5.92 Å². The second-order valence-corrected chi connectivity index (χ2v) is 4.32. The molecule has 1 saturated heterocycles. The fraction of sp³-hybridized carbons (Fsp3) is 0.692. The van der Waals surface area contributed by atoms with Gasteiger partial charge in [-0.2, -0.15) is 0 Å². The molecule has 1 fully saturated rings. The smallest absolute Gasteiger partial charge is 0.0163 e. The molecule has 0 spiro atoms. The van der Waals surface area contributed by atoms with E-state index in [0.717, 1.165) is 19.0 Å². The molecule has 0 aromatic carbocycles. The van der Waals surface area contributed by atoms with Gasteiger partial charge in [-0.25, -0.2) is 0 Å². The van der Waals surface area contributed by atoms with Crippen molar-refractivity contribution in [2.24, 2.45) is 5.92 Å². The van der Waals surface area contributed by atoms with Crippen LogP contribution >= 0.6 is 24.8 Å². The third-order valence-corrected chi connectivity index (χ3v) is 3.09. The molecule has 1 N–H and O–H groups in total. The first kappa shape index (κ1) is 19.3. The zero-order valence-electron chi connectivity index (χ0n) is 10.6. The van der Waals surface area contributed by atoms with E-state index in [4.69, 9.17) is 0 Å². The molecule has 1 heterocycles. The summed E-state index contributed by atoms with van der Waals surface area (Å²) in [5.41, 5.74) is 0. The monoisotopic (exact) mass is 280 g/mol. The summed E-state index contributed by atoms with van der Waals surface area (Å²) in [5, 5.41) is 3.41. The molecule has 1 aliphatic rings. The molecule has 1 aliphatic heterocycles. The van der Waals surface area contributed by atoms with E-state index in [0.29, 0.717) is 0 Å². The molecule has 2 nitrogen and oxygen atoms in total. The van der Waals surface area contributed by atoms with Crippen LogP contribution in [-0.4, -0.2) is 37.6 Å². The molecule has 17 heavy (non-hydrogen) atoms. The van der Waals surface area contributed by atoms with Crippen LogP contribution < -0.4 is 5.32 Å². The van der Waals surface area contributed by atoms with Crippen LogP contribution in [0.4, 0.5) is 0 Å². The van der Waals surface area contributed by atoms with Crippen molar-refractivity contribution in [2.75, 3.05) is 32.7 Å². The number of nitrogens with one attached hydrogen (secondary N) is 1. The Morgan fingerprint density at radius 1 is 1.06 bits per heavy atom. The zero-order valence-corrected chi connectivity index (χ0v) is 12.2. The van der Waals surface area contributed by atoms with Gasteiger partial charge >= 0.3 is 0 Å². The zero-order chi connectivity index (χ0) is 10.9. The number of piperidine rings is 1. The number of hydrogen-bond donors (Lipinski definition) is 1. The Hall–Kier alpha value is -0.0200. The third kappa shape index (κ3) is 8.67. The number of nitrogens with zero attached hydrogens (tertiary/aromatic N) is 1. The molecule has 102 valence electrons. The Kier molecular flexibility index (Phi) is 14.1. The highest BCUT2D eigenvalue weighted by Gasteiger charge is 2.13. The average molecular weight is 281 g/mol. The maximum atomic E-state index is 3.79. The molecule has 0 aromatic heterocycles. The van der Waals surface area contributed by atoms with E-state index in [1.807, 2.05) is 12.2 Å². The average Bonchev–Trinajstić information content (AvgIpc) is 2.28. The van der Waals surface area contributed by atoms with Gasteiger partial charge in [0.25, 0.3) is 0 Å². The largest absolute Gasteiger partial charge is 0.317 e. The molecule has 4 heteroatoms. The van der Waals surface area contributed by atoms with Crippen molar-refractivity contribution in [1.82, 2.24) is 10.2 Å². The summed E-state index contributed by atoms with van der Waals surface area (Å²) in [6, 6.07) is 0. The standard InChI is InChI=1S/C13H24N2.2ClH/c1-3-10-15(11-4-2)12-7-13-5-8-14-9-6-13;;/h3-4,13-14H,1-2,5-12H2;2*1H. The van der Waals surface area contributed by atoms with E-state index in [-0.39, 0.29) is 24.8 Å². The highest BCUT2D eigenvalue weighted by atomic mass is 35.5. The van der Waals surface area contributed by atoms with Crippen LogP contribution in [0.5, 0.6) is 0 Å². The summed E-state index contributed by atoms with van der Waals surface area (Å²) in [5.74, 6) is 0.920. The lowest BCUT2D eigenvalue weighted by Gasteiger charge is -2.26. The van der Waals surface area contributed by atoms with E-state index in [9.17, 15) is 0 Å². The summed E-state index contributed by atoms with van der Waals surface area (Å²) >= 11 is 0. The minimum Gasteiger partial charge on any atom is -0.317 e. The van der Waals surface area contributed by atoms with Gasteiger partial charge in [-0.05, 0) is 44.8 Å². The summed E-state index contributed by atoms with van der Waals surface area (Å²) in [6.45, 7) is 13.1. The molecule has 0 aromatic rings. The maximum absolute atomic E-state index is 3.79. The quantitative estimate of drug-likeness (QED) is 0.722. The number of rotatable bonds is 7. The fourth-order valence-corrected chi connectivity index (χ4v) is 2.16. The van der Waals surface area contributed by atoms with Crippen LogP contribution in [0.2, 0.25) is 0 Å². The van der Waals surface area contributed by atoms with E-state index in [1.54, 1.807) is 0 Å². The van der Waals surface area contributed by atoms with E-state index < -0.39 is 0 Å². The molecule has 0 bridgehead atoms. The van der Waals surface area contributed by atoms with Crippen LogP contribution in [0.15, 0.2) is 25.3 Å². The van der Waals surface area contributed by atoms with Crippen molar-refractivity contribution < 1.29 is 0 Å². The first-order valence-electron chi connectivity index (χ1n) is 6.01. The summed E-state index contributed by atoms with van der Waals surface area (Å²) in [4.78, 5) is 2.40. The van der Waals surface area contributed by atoms with Crippen LogP contribution in [-0.2, 0) is 0 Å². The van der Waals surface area contributed by atoms with Crippen molar-refractivity contribution in [3.63, 3.8) is 0 Å². The Balaban J connectivity index is 0. The second-order valence-electron chi connectivity index (χ2n) is 4.32. The van der Waals surface area contributed by atoms with Crippen molar-refractivity contribution in [3.05, 3.63) is 25.3 Å². The van der Waals surface area contributed by atoms with Crippen molar-refractivity contribution >= 4 is 24.8 Å². The van der Waals surface area contributed by atoms with Crippen molar-refractivity contribution in [2.45, 2.75) is 19.3 Å². The topological polar surface area (TPSA) is 15.3 Å². The molecule has 1 rings (SSSR count). The molecule has 0 atom stereocenters. The van der Waals surface area contributed by atoms with Crippen molar-refractivity contribution in [3.8, 4) is 0 Å². The first-order valence-corrected chi connectivity index (χ1v) is 6.01. The molecule has 0 amide bonds. The SMILES string of the molecule is C=CCN(CC=C)CCC1CCNCC1.Cl.Cl. The molecule has 0 radical (unpaired) electrons. The lowest BCUT2D eigenvalue weighted by Crippen LogP contribution is -2.31. The highest BCUT2D eigenvalue weighted by molar-refractivity contribution is 5.85. The van der Waals surface area contributed by atoms with Gasteiger partial charge in [-0.15, -0.1) is 38.0 Å². The van der Waals surface area contributed by atoms with Crippen molar-refractivity contribution in [1.29, 1.82) is 0 Å². The third-order valence-electron chi connectivity index (χ3n) is 3.09. The van der Waals surface area contributed by atoms with E-state index in [2.05, 4.69) is 23.4 Å². The van der Waals surface area contributed by atoms with Gasteiger partial charge in [0, 0.05) is 13.1 Å². The van der Waals surface area contributed by atoms with E-state index >= 15 is 0 Å². The maximum Gasteiger partial charge on any atom is 0.0163 e. The van der Waals surface area contributed by atoms with Gasteiger partial charge in [0.05, 0.1) is 0 Å². The van der Waals surface area contributed by atoms with Crippen LogP contribution in [0.3, 0.4) is 0 Å². The Bertz CT molecular complexity index is 182. The Morgan fingerprint density at radius 3 is 2.06 bits per heavy atom.